The predicted molar refractivity (Wildman–Crippen MR) is 122 cm³/mol. The van der Waals surface area contributed by atoms with Crippen LogP contribution in [-0.4, -0.2) is 29.0 Å². The van der Waals surface area contributed by atoms with Crippen LogP contribution < -0.4 is 9.64 Å². The first-order chi connectivity index (χ1) is 15.3. The lowest BCUT2D eigenvalue weighted by Gasteiger charge is -2.25. The van der Waals surface area contributed by atoms with Gasteiger partial charge in [0.05, 0.1) is 23.7 Å². The molecule has 2 N–H and O–H groups in total. The van der Waals surface area contributed by atoms with Crippen LogP contribution in [0.25, 0.3) is 5.76 Å². The number of phenolic OH excluding ortho intramolecular Hbond substituents is 1. The Morgan fingerprint density at radius 3 is 2.38 bits per heavy atom. The maximum atomic E-state index is 13.2. The highest BCUT2D eigenvalue weighted by Gasteiger charge is 2.47. The van der Waals surface area contributed by atoms with Gasteiger partial charge in [0.15, 0.2) is 0 Å². The number of ether oxygens (including phenoxy) is 1. The van der Waals surface area contributed by atoms with E-state index < -0.39 is 17.7 Å². The molecule has 0 spiro atoms. The van der Waals surface area contributed by atoms with Crippen LogP contribution in [0.2, 0.25) is 5.02 Å². The summed E-state index contributed by atoms with van der Waals surface area (Å²) in [7, 11) is 1.54. The van der Waals surface area contributed by atoms with Crippen LogP contribution in [0.15, 0.2) is 72.3 Å². The van der Waals surface area contributed by atoms with Crippen molar-refractivity contribution in [2.75, 3.05) is 12.0 Å². The van der Waals surface area contributed by atoms with Crippen molar-refractivity contribution >= 4 is 34.7 Å². The normalized spacial score (nSPS) is 17.6. The van der Waals surface area contributed by atoms with Crippen molar-refractivity contribution in [2.24, 2.45) is 0 Å². The Morgan fingerprint density at radius 1 is 1.03 bits per heavy atom. The van der Waals surface area contributed by atoms with Gasteiger partial charge < -0.3 is 14.9 Å². The second-order valence-electron chi connectivity index (χ2n) is 7.40. The van der Waals surface area contributed by atoms with E-state index in [4.69, 9.17) is 16.3 Å². The SMILES string of the molecule is COc1ccc(/C(O)=C2/C(=O)C(=O)N(c3ccccc3)C2c2ccc(O)c(Cl)c2)c(C)c1. The summed E-state index contributed by atoms with van der Waals surface area (Å²) in [6, 6.07) is 17.3. The third-order valence-electron chi connectivity index (χ3n) is 5.45. The summed E-state index contributed by atoms with van der Waals surface area (Å²) in [5, 5.41) is 21.2. The molecule has 1 aliphatic heterocycles. The van der Waals surface area contributed by atoms with Crippen LogP contribution >= 0.6 is 11.6 Å². The van der Waals surface area contributed by atoms with Gasteiger partial charge in [-0.25, -0.2) is 0 Å². The number of aliphatic hydroxyl groups is 1. The number of para-hydroxylation sites is 1. The number of anilines is 1. The molecule has 3 aromatic rings. The zero-order valence-corrected chi connectivity index (χ0v) is 18.1. The van der Waals surface area contributed by atoms with Gasteiger partial charge in [0.25, 0.3) is 11.7 Å². The fourth-order valence-electron chi connectivity index (χ4n) is 3.87. The van der Waals surface area contributed by atoms with Gasteiger partial charge >= 0.3 is 0 Å². The number of carbonyl (C=O) groups excluding carboxylic acids is 2. The van der Waals surface area contributed by atoms with Gasteiger partial charge in [-0.1, -0.05) is 35.9 Å². The number of aliphatic hydroxyl groups excluding tert-OH is 1. The molecule has 0 aromatic heterocycles. The molecule has 1 aliphatic rings. The summed E-state index contributed by atoms with van der Waals surface area (Å²) in [5.74, 6) is -1.39. The summed E-state index contributed by atoms with van der Waals surface area (Å²) in [6.45, 7) is 1.78. The first-order valence-electron chi connectivity index (χ1n) is 9.83. The minimum absolute atomic E-state index is 0.0612. The maximum Gasteiger partial charge on any atom is 0.300 e. The molecular formula is C25H20ClNO5. The summed E-state index contributed by atoms with van der Waals surface area (Å²) < 4.78 is 5.22. The number of benzene rings is 3. The lowest BCUT2D eigenvalue weighted by Crippen LogP contribution is -2.29. The van der Waals surface area contributed by atoms with E-state index in [2.05, 4.69) is 0 Å². The average molecular weight is 450 g/mol. The zero-order valence-electron chi connectivity index (χ0n) is 17.4. The Bertz CT molecular complexity index is 1250. The molecule has 0 aliphatic carbocycles. The number of hydrogen-bond donors (Lipinski definition) is 2. The fraction of sp³-hybridized carbons (Fsp3) is 0.120. The molecule has 1 atom stereocenters. The largest absolute Gasteiger partial charge is 0.507 e. The van der Waals surface area contributed by atoms with Gasteiger partial charge in [-0.05, 0) is 60.5 Å². The first-order valence-corrected chi connectivity index (χ1v) is 10.2. The van der Waals surface area contributed by atoms with Crippen LogP contribution in [-0.2, 0) is 9.59 Å². The molecule has 4 rings (SSSR count). The van der Waals surface area contributed by atoms with Crippen molar-refractivity contribution < 1.29 is 24.5 Å². The molecule has 3 aromatic carbocycles. The minimum atomic E-state index is -0.933. The monoisotopic (exact) mass is 449 g/mol. The topological polar surface area (TPSA) is 87.1 Å². The van der Waals surface area contributed by atoms with E-state index in [-0.39, 0.29) is 22.1 Å². The van der Waals surface area contributed by atoms with Gasteiger partial charge in [0, 0.05) is 11.3 Å². The Balaban J connectivity index is 1.97. The number of halogens is 1. The van der Waals surface area contributed by atoms with Crippen LogP contribution in [0.4, 0.5) is 5.69 Å². The number of aryl methyl sites for hydroxylation is 1. The number of amides is 1. The first kappa shape index (κ1) is 21.5. The van der Waals surface area contributed by atoms with E-state index in [9.17, 15) is 19.8 Å². The molecule has 1 fully saturated rings. The molecule has 1 amide bonds. The van der Waals surface area contributed by atoms with Crippen LogP contribution in [0.1, 0.15) is 22.7 Å². The van der Waals surface area contributed by atoms with Gasteiger partial charge in [-0.15, -0.1) is 0 Å². The third kappa shape index (κ3) is 3.59. The molecule has 7 heteroatoms. The van der Waals surface area contributed by atoms with Crippen molar-refractivity contribution in [3.8, 4) is 11.5 Å². The van der Waals surface area contributed by atoms with E-state index >= 15 is 0 Å². The van der Waals surface area contributed by atoms with Crippen molar-refractivity contribution in [1.29, 1.82) is 0 Å². The molecular weight excluding hydrogens is 430 g/mol. The Kier molecular flexibility index (Phi) is 5.63. The highest BCUT2D eigenvalue weighted by Crippen LogP contribution is 2.43. The van der Waals surface area contributed by atoms with Gasteiger partial charge in [0.1, 0.15) is 17.3 Å². The summed E-state index contributed by atoms with van der Waals surface area (Å²) in [6.07, 6.45) is 0. The summed E-state index contributed by atoms with van der Waals surface area (Å²) in [4.78, 5) is 27.6. The molecule has 6 nitrogen and oxygen atoms in total. The second kappa shape index (κ2) is 8.40. The maximum absolute atomic E-state index is 13.2. The quantitative estimate of drug-likeness (QED) is 0.333. The number of ketones is 1. The number of aromatic hydroxyl groups is 1. The molecule has 162 valence electrons. The highest BCUT2D eigenvalue weighted by molar-refractivity contribution is 6.51. The number of nitrogens with zero attached hydrogens (tertiary/aromatic N) is 1. The zero-order chi connectivity index (χ0) is 23.0. The summed E-state index contributed by atoms with van der Waals surface area (Å²) in [5.41, 5.74) is 1.99. The minimum Gasteiger partial charge on any atom is -0.507 e. The lowest BCUT2D eigenvalue weighted by molar-refractivity contribution is -0.132. The van der Waals surface area contributed by atoms with Gasteiger partial charge in [-0.3, -0.25) is 14.5 Å². The molecule has 32 heavy (non-hydrogen) atoms. The van der Waals surface area contributed by atoms with Crippen molar-refractivity contribution in [1.82, 2.24) is 0 Å². The van der Waals surface area contributed by atoms with Gasteiger partial charge in [0.2, 0.25) is 0 Å². The third-order valence-corrected chi connectivity index (χ3v) is 5.76. The summed E-state index contributed by atoms with van der Waals surface area (Å²) >= 11 is 6.13. The van der Waals surface area contributed by atoms with Crippen LogP contribution in [0, 0.1) is 6.92 Å². The molecule has 1 unspecified atom stereocenters. The van der Waals surface area contributed by atoms with Crippen molar-refractivity contribution in [3.05, 3.63) is 94.0 Å². The number of Topliss-reactive ketones (excluding diaryl/α,β-unsaturated/α-hetero) is 1. The number of phenols is 1. The van der Waals surface area contributed by atoms with Crippen molar-refractivity contribution in [2.45, 2.75) is 13.0 Å². The molecule has 1 heterocycles. The van der Waals surface area contributed by atoms with E-state index in [1.54, 1.807) is 61.5 Å². The van der Waals surface area contributed by atoms with Crippen LogP contribution in [0.3, 0.4) is 0 Å². The Hall–Kier alpha value is -3.77. The molecule has 1 saturated heterocycles. The molecule has 0 bridgehead atoms. The van der Waals surface area contributed by atoms with Crippen LogP contribution in [0.5, 0.6) is 11.5 Å². The Labute approximate surface area is 189 Å². The number of hydrogen-bond acceptors (Lipinski definition) is 5. The number of carbonyl (C=O) groups is 2. The van der Waals surface area contributed by atoms with E-state index in [0.29, 0.717) is 28.1 Å². The Morgan fingerprint density at radius 2 is 1.75 bits per heavy atom. The number of methoxy groups -OCH3 is 1. The fourth-order valence-corrected chi connectivity index (χ4v) is 4.06. The average Bonchev–Trinajstić information content (AvgIpc) is 3.06. The standard InChI is InChI=1S/C25H20ClNO5/c1-14-12-17(32-2)9-10-18(14)23(29)21-22(15-8-11-20(28)19(26)13-15)27(25(31)24(21)30)16-6-4-3-5-7-16/h3-13,22,28-29H,1-2H3/b23-21-. The highest BCUT2D eigenvalue weighted by atomic mass is 35.5. The van der Waals surface area contributed by atoms with Gasteiger partial charge in [-0.2, -0.15) is 0 Å². The molecule has 0 saturated carbocycles. The van der Waals surface area contributed by atoms with E-state index in [1.807, 2.05) is 0 Å². The second-order valence-corrected chi connectivity index (χ2v) is 7.80. The predicted octanol–water partition coefficient (Wildman–Crippen LogP) is 4.99. The number of rotatable bonds is 4. The molecule has 0 radical (unpaired) electrons. The lowest BCUT2D eigenvalue weighted by atomic mass is 9.93. The van der Waals surface area contributed by atoms with E-state index in [0.717, 1.165) is 0 Å². The van der Waals surface area contributed by atoms with E-state index in [1.165, 1.54) is 24.1 Å². The van der Waals surface area contributed by atoms with Crippen molar-refractivity contribution in [3.63, 3.8) is 0 Å². The smallest absolute Gasteiger partial charge is 0.300 e.